The van der Waals surface area contributed by atoms with Crippen LogP contribution in [0, 0.1) is 18.3 Å². The second-order valence-corrected chi connectivity index (χ2v) is 11.7. The molecule has 1 amide bonds. The zero-order valence-electron chi connectivity index (χ0n) is 25.4. The van der Waals surface area contributed by atoms with E-state index in [0.29, 0.717) is 24.6 Å². The minimum absolute atomic E-state index is 0.0556. The first-order valence-electron chi connectivity index (χ1n) is 15.1. The summed E-state index contributed by atoms with van der Waals surface area (Å²) in [5.74, 6) is 1.48. The Hall–Kier alpha value is -4.25. The third kappa shape index (κ3) is 6.33. The molecule has 2 aromatic heterocycles. The molecule has 2 N–H and O–H groups in total. The number of amides is 1. The smallest absolute Gasteiger partial charge is 0.404 e. The summed E-state index contributed by atoms with van der Waals surface area (Å²) in [5, 5.41) is 10.6. The fraction of sp³-hybridized carbons (Fsp3) is 0.516. The van der Waals surface area contributed by atoms with Gasteiger partial charge >= 0.3 is 6.09 Å². The number of carbonyl (C=O) groups is 1. The molecule has 0 radical (unpaired) electrons. The highest BCUT2D eigenvalue weighted by atomic mass is 16.6. The number of benzene rings is 1. The first-order valence-corrected chi connectivity index (χ1v) is 15.1. The summed E-state index contributed by atoms with van der Waals surface area (Å²) in [7, 11) is 1.59. The molecule has 3 aromatic rings. The van der Waals surface area contributed by atoms with Gasteiger partial charge in [-0.15, -0.1) is 0 Å². The van der Waals surface area contributed by atoms with E-state index < -0.39 is 12.2 Å². The summed E-state index contributed by atoms with van der Waals surface area (Å²) >= 11 is 0. The van der Waals surface area contributed by atoms with Gasteiger partial charge in [-0.25, -0.2) is 9.78 Å². The van der Waals surface area contributed by atoms with Gasteiger partial charge in [0.05, 0.1) is 36.4 Å². The lowest BCUT2D eigenvalue weighted by atomic mass is 10.1. The molecule has 0 saturated carbocycles. The van der Waals surface area contributed by atoms with Crippen LogP contribution >= 0.6 is 0 Å². The van der Waals surface area contributed by atoms with E-state index in [2.05, 4.69) is 37.7 Å². The molecule has 6 rings (SSSR count). The third-order valence-electron chi connectivity index (χ3n) is 8.59. The molecule has 13 nitrogen and oxygen atoms in total. The molecule has 0 spiro atoms. The Kier molecular flexibility index (Phi) is 8.65. The SMILES string of the molecule is CO[C@@H]1CN(c2nc(C)cc(N3CCN(C[C@H]4CN(c5ccc(C#N)c6ncccc56)C[C@@H](C)O4)CC3)n2)C[C@@H]1OC(N)=O. The van der Waals surface area contributed by atoms with Gasteiger partial charge in [0, 0.05) is 82.0 Å². The number of piperazine rings is 1. The van der Waals surface area contributed by atoms with E-state index in [4.69, 9.17) is 24.9 Å². The molecule has 3 aliphatic heterocycles. The zero-order chi connectivity index (χ0) is 30.8. The predicted octanol–water partition coefficient (Wildman–Crippen LogP) is 1.92. The van der Waals surface area contributed by atoms with E-state index in [1.807, 2.05) is 42.2 Å². The van der Waals surface area contributed by atoms with E-state index in [0.717, 1.165) is 73.9 Å². The second kappa shape index (κ2) is 12.8. The summed E-state index contributed by atoms with van der Waals surface area (Å²) in [4.78, 5) is 34.5. The van der Waals surface area contributed by atoms with Crippen LogP contribution in [0.25, 0.3) is 10.9 Å². The normalized spacial score (nSPS) is 24.5. The first kappa shape index (κ1) is 29.8. The highest BCUT2D eigenvalue weighted by Crippen LogP contribution is 2.31. The molecule has 0 aliphatic carbocycles. The molecule has 3 fully saturated rings. The minimum atomic E-state index is -0.816. The maximum absolute atomic E-state index is 11.4. The monoisotopic (exact) mass is 601 g/mol. The number of nitrogens with zero attached hydrogens (tertiary/aromatic N) is 8. The number of hydrogen-bond donors (Lipinski definition) is 1. The van der Waals surface area contributed by atoms with Crippen molar-refractivity contribution in [2.24, 2.45) is 5.73 Å². The molecule has 13 heteroatoms. The highest BCUT2D eigenvalue weighted by Gasteiger charge is 2.37. The van der Waals surface area contributed by atoms with E-state index in [9.17, 15) is 10.1 Å². The molecular weight excluding hydrogens is 562 g/mol. The van der Waals surface area contributed by atoms with Crippen LogP contribution in [0.4, 0.5) is 22.2 Å². The lowest BCUT2D eigenvalue weighted by Crippen LogP contribution is -2.54. The molecule has 1 aromatic carbocycles. The Morgan fingerprint density at radius 1 is 1.07 bits per heavy atom. The number of fused-ring (bicyclic) bond motifs is 1. The number of morpholine rings is 1. The van der Waals surface area contributed by atoms with Gasteiger partial charge in [0.1, 0.15) is 24.1 Å². The topological polar surface area (TPSA) is 146 Å². The minimum Gasteiger partial charge on any atom is -0.442 e. The van der Waals surface area contributed by atoms with E-state index in [1.165, 1.54) is 0 Å². The largest absolute Gasteiger partial charge is 0.442 e. The van der Waals surface area contributed by atoms with Gasteiger partial charge in [-0.3, -0.25) is 9.88 Å². The van der Waals surface area contributed by atoms with Gasteiger partial charge in [0.15, 0.2) is 0 Å². The third-order valence-corrected chi connectivity index (χ3v) is 8.59. The number of carbonyl (C=O) groups excluding carboxylic acids is 1. The number of nitrogens with two attached hydrogens (primary N) is 1. The van der Waals surface area contributed by atoms with E-state index >= 15 is 0 Å². The van der Waals surface area contributed by atoms with Crippen LogP contribution < -0.4 is 20.4 Å². The van der Waals surface area contributed by atoms with Crippen LogP contribution in [0.15, 0.2) is 36.5 Å². The van der Waals surface area contributed by atoms with Crippen molar-refractivity contribution in [3.8, 4) is 6.07 Å². The fourth-order valence-electron chi connectivity index (χ4n) is 6.55. The number of hydrogen-bond acceptors (Lipinski definition) is 12. The van der Waals surface area contributed by atoms with Crippen LogP contribution in [-0.2, 0) is 14.2 Å². The molecule has 5 heterocycles. The van der Waals surface area contributed by atoms with Crippen LogP contribution in [0.5, 0.6) is 0 Å². The molecule has 44 heavy (non-hydrogen) atoms. The van der Waals surface area contributed by atoms with Crippen molar-refractivity contribution in [3.05, 3.63) is 47.8 Å². The Labute approximate surface area is 257 Å². The highest BCUT2D eigenvalue weighted by molar-refractivity contribution is 5.95. The number of aromatic nitrogens is 3. The number of rotatable bonds is 7. The molecule has 232 valence electrons. The summed E-state index contributed by atoms with van der Waals surface area (Å²) < 4.78 is 17.2. The van der Waals surface area contributed by atoms with Gasteiger partial charge in [-0.1, -0.05) is 0 Å². The van der Waals surface area contributed by atoms with Crippen LogP contribution in [-0.4, -0.2) is 116 Å². The van der Waals surface area contributed by atoms with Crippen molar-refractivity contribution in [1.82, 2.24) is 19.9 Å². The Balaban J connectivity index is 1.09. The zero-order valence-corrected chi connectivity index (χ0v) is 25.4. The second-order valence-electron chi connectivity index (χ2n) is 11.7. The van der Waals surface area contributed by atoms with Crippen molar-refractivity contribution in [2.75, 3.05) is 80.7 Å². The number of primary amides is 1. The number of anilines is 3. The summed E-state index contributed by atoms with van der Waals surface area (Å²) in [6.07, 6.45) is 0.286. The van der Waals surface area contributed by atoms with Gasteiger partial charge in [0.2, 0.25) is 5.95 Å². The van der Waals surface area contributed by atoms with Gasteiger partial charge in [-0.05, 0) is 38.1 Å². The predicted molar refractivity (Wildman–Crippen MR) is 166 cm³/mol. The Morgan fingerprint density at radius 2 is 1.86 bits per heavy atom. The maximum Gasteiger partial charge on any atom is 0.404 e. The molecule has 4 atom stereocenters. The van der Waals surface area contributed by atoms with Gasteiger partial charge in [-0.2, -0.15) is 10.2 Å². The number of nitriles is 1. The van der Waals surface area contributed by atoms with Crippen molar-refractivity contribution in [1.29, 1.82) is 5.26 Å². The van der Waals surface area contributed by atoms with Crippen molar-refractivity contribution >= 4 is 34.4 Å². The summed E-state index contributed by atoms with van der Waals surface area (Å²) in [6, 6.07) is 12.2. The molecule has 0 unspecified atom stereocenters. The summed E-state index contributed by atoms with van der Waals surface area (Å²) in [6.45, 7) is 10.9. The summed E-state index contributed by atoms with van der Waals surface area (Å²) in [5.41, 5.74) is 8.55. The molecule has 0 bridgehead atoms. The average Bonchev–Trinajstić information content (AvgIpc) is 3.42. The fourth-order valence-corrected chi connectivity index (χ4v) is 6.55. The average molecular weight is 602 g/mol. The van der Waals surface area contributed by atoms with Crippen LogP contribution in [0.3, 0.4) is 0 Å². The van der Waals surface area contributed by atoms with E-state index in [-0.39, 0.29) is 18.3 Å². The lowest BCUT2D eigenvalue weighted by Gasteiger charge is -2.42. The Bertz CT molecular complexity index is 1540. The number of methoxy groups -OCH3 is 1. The van der Waals surface area contributed by atoms with Crippen LogP contribution in [0.2, 0.25) is 0 Å². The Morgan fingerprint density at radius 3 is 2.61 bits per heavy atom. The molecule has 3 saturated heterocycles. The maximum atomic E-state index is 11.4. The van der Waals surface area contributed by atoms with Crippen molar-refractivity contribution < 1.29 is 19.0 Å². The molecular formula is C31H39N9O4. The van der Waals surface area contributed by atoms with Gasteiger partial charge in [0.25, 0.3) is 0 Å². The number of aryl methyl sites for hydroxylation is 1. The number of ether oxygens (including phenoxy) is 3. The van der Waals surface area contributed by atoms with Crippen molar-refractivity contribution in [3.63, 3.8) is 0 Å². The van der Waals surface area contributed by atoms with E-state index in [1.54, 1.807) is 13.3 Å². The van der Waals surface area contributed by atoms with Crippen molar-refractivity contribution in [2.45, 2.75) is 38.3 Å². The standard InChI is InChI=1S/C31H39N9O4/c1-20-13-28(36-31(35-20)40-18-26(42-3)27(19-40)44-30(33)41)38-11-9-37(10-12-38)16-23-17-39(15-21(2)43-23)25-7-6-22(14-32)29-24(25)5-4-8-34-29/h4-8,13,21,23,26-27H,9-12,15-19H2,1-3H3,(H2,33,41)/t21-,23+,26-,27+/m1/s1. The van der Waals surface area contributed by atoms with Gasteiger partial charge < -0.3 is 34.6 Å². The quantitative estimate of drug-likeness (QED) is 0.422. The van der Waals surface area contributed by atoms with Crippen LogP contribution in [0.1, 0.15) is 18.2 Å². The first-order chi connectivity index (χ1) is 21.3. The molecule has 3 aliphatic rings. The number of pyridine rings is 1. The lowest BCUT2D eigenvalue weighted by molar-refractivity contribution is -0.0327.